The fourth-order valence-electron chi connectivity index (χ4n) is 2.28. The van der Waals surface area contributed by atoms with Crippen molar-refractivity contribution >= 4 is 23.5 Å². The largest absolute Gasteiger partial charge is 0.465 e. The molecule has 7 nitrogen and oxygen atoms in total. The predicted octanol–water partition coefficient (Wildman–Crippen LogP) is 2.90. The van der Waals surface area contributed by atoms with Crippen molar-refractivity contribution in [3.05, 3.63) is 59.4 Å². The van der Waals surface area contributed by atoms with E-state index < -0.39 is 11.9 Å². The van der Waals surface area contributed by atoms with Gasteiger partial charge in [-0.3, -0.25) is 14.6 Å². The van der Waals surface area contributed by atoms with E-state index in [1.807, 2.05) is 0 Å². The second-order valence-electron chi connectivity index (χ2n) is 6.42. The molecule has 2 aromatic rings. The van der Waals surface area contributed by atoms with Crippen LogP contribution in [-0.4, -0.2) is 36.4 Å². The molecule has 0 saturated carbocycles. The van der Waals surface area contributed by atoms with E-state index in [4.69, 9.17) is 0 Å². The third-order valence-electron chi connectivity index (χ3n) is 3.83. The number of ether oxygens (including phenoxy) is 1. The Labute approximate surface area is 158 Å². The van der Waals surface area contributed by atoms with Crippen molar-refractivity contribution < 1.29 is 19.1 Å². The Morgan fingerprint density at radius 1 is 1.00 bits per heavy atom. The highest BCUT2D eigenvalue weighted by molar-refractivity contribution is 6.06. The number of pyridine rings is 1. The van der Waals surface area contributed by atoms with Crippen LogP contribution in [0.4, 0.5) is 5.69 Å². The summed E-state index contributed by atoms with van der Waals surface area (Å²) in [6.07, 6.45) is 3.69. The van der Waals surface area contributed by atoms with Gasteiger partial charge in [0.25, 0.3) is 11.8 Å². The van der Waals surface area contributed by atoms with Crippen molar-refractivity contribution in [2.75, 3.05) is 19.0 Å². The fraction of sp³-hybridized carbons (Fsp3) is 0.300. The Morgan fingerprint density at radius 3 is 2.22 bits per heavy atom. The highest BCUT2D eigenvalue weighted by Gasteiger charge is 2.12. The second-order valence-corrected chi connectivity index (χ2v) is 6.42. The lowest BCUT2D eigenvalue weighted by Gasteiger charge is -2.09. The van der Waals surface area contributed by atoms with Gasteiger partial charge in [-0.1, -0.05) is 13.8 Å². The Morgan fingerprint density at radius 2 is 1.63 bits per heavy atom. The number of benzene rings is 1. The summed E-state index contributed by atoms with van der Waals surface area (Å²) in [6, 6.07) is 7.80. The summed E-state index contributed by atoms with van der Waals surface area (Å²) in [7, 11) is 1.30. The van der Waals surface area contributed by atoms with Crippen LogP contribution in [0.2, 0.25) is 0 Å². The molecule has 7 heteroatoms. The molecule has 0 atom stereocenters. The van der Waals surface area contributed by atoms with Crippen molar-refractivity contribution in [2.24, 2.45) is 5.92 Å². The van der Waals surface area contributed by atoms with Gasteiger partial charge in [0.05, 0.1) is 23.8 Å². The third kappa shape index (κ3) is 5.91. The van der Waals surface area contributed by atoms with Gasteiger partial charge < -0.3 is 15.4 Å². The quantitative estimate of drug-likeness (QED) is 0.732. The summed E-state index contributed by atoms with van der Waals surface area (Å²) >= 11 is 0. The Kier molecular flexibility index (Phi) is 7.05. The van der Waals surface area contributed by atoms with E-state index in [2.05, 4.69) is 34.2 Å². The van der Waals surface area contributed by atoms with Gasteiger partial charge in [-0.25, -0.2) is 4.79 Å². The Balaban J connectivity index is 2.02. The molecule has 27 heavy (non-hydrogen) atoms. The van der Waals surface area contributed by atoms with E-state index in [1.165, 1.54) is 25.6 Å². The highest BCUT2D eigenvalue weighted by atomic mass is 16.5. The molecule has 0 fully saturated rings. The molecule has 142 valence electrons. The topological polar surface area (TPSA) is 97.4 Å². The van der Waals surface area contributed by atoms with Crippen LogP contribution in [0.5, 0.6) is 0 Å². The fourth-order valence-corrected chi connectivity index (χ4v) is 2.28. The van der Waals surface area contributed by atoms with Crippen LogP contribution in [0.15, 0.2) is 42.7 Å². The first-order valence-corrected chi connectivity index (χ1v) is 8.63. The lowest BCUT2D eigenvalue weighted by atomic mass is 10.1. The third-order valence-corrected chi connectivity index (χ3v) is 3.83. The SMILES string of the molecule is COC(=O)c1ccc(NC(=O)c2cncc(C(=O)NCCC(C)C)c2)cc1. The van der Waals surface area contributed by atoms with Crippen molar-refractivity contribution in [1.29, 1.82) is 0 Å². The van der Waals surface area contributed by atoms with Gasteiger partial charge in [-0.15, -0.1) is 0 Å². The maximum atomic E-state index is 12.4. The van der Waals surface area contributed by atoms with Crippen LogP contribution in [0.3, 0.4) is 0 Å². The van der Waals surface area contributed by atoms with Gasteiger partial charge in [-0.05, 0) is 42.7 Å². The molecule has 0 aliphatic carbocycles. The lowest BCUT2D eigenvalue weighted by molar-refractivity contribution is 0.0600. The van der Waals surface area contributed by atoms with Crippen LogP contribution >= 0.6 is 0 Å². The highest BCUT2D eigenvalue weighted by Crippen LogP contribution is 2.12. The van der Waals surface area contributed by atoms with Gasteiger partial charge in [0.15, 0.2) is 0 Å². The summed E-state index contributed by atoms with van der Waals surface area (Å²) in [5.74, 6) is -0.621. The van der Waals surface area contributed by atoms with Crippen LogP contribution < -0.4 is 10.6 Å². The molecule has 0 aliphatic heterocycles. The molecule has 2 amide bonds. The van der Waals surface area contributed by atoms with Gasteiger partial charge in [0.2, 0.25) is 0 Å². The van der Waals surface area contributed by atoms with Crippen LogP contribution in [0.25, 0.3) is 0 Å². The summed E-state index contributed by atoms with van der Waals surface area (Å²) < 4.78 is 4.63. The number of nitrogens with zero attached hydrogens (tertiary/aromatic N) is 1. The number of methoxy groups -OCH3 is 1. The first-order valence-electron chi connectivity index (χ1n) is 8.63. The summed E-state index contributed by atoms with van der Waals surface area (Å²) in [5, 5.41) is 5.52. The van der Waals surface area contributed by atoms with Crippen molar-refractivity contribution in [1.82, 2.24) is 10.3 Å². The Hall–Kier alpha value is -3.22. The number of aromatic nitrogens is 1. The van der Waals surface area contributed by atoms with Crippen molar-refractivity contribution in [3.8, 4) is 0 Å². The van der Waals surface area contributed by atoms with Crippen LogP contribution in [-0.2, 0) is 4.74 Å². The minimum absolute atomic E-state index is 0.264. The van der Waals surface area contributed by atoms with E-state index in [-0.39, 0.29) is 11.5 Å². The molecule has 0 radical (unpaired) electrons. The number of hydrogen-bond donors (Lipinski definition) is 2. The van der Waals surface area contributed by atoms with E-state index in [9.17, 15) is 14.4 Å². The number of nitrogens with one attached hydrogen (secondary N) is 2. The number of esters is 1. The number of anilines is 1. The van der Waals surface area contributed by atoms with E-state index in [1.54, 1.807) is 24.3 Å². The maximum absolute atomic E-state index is 12.4. The normalized spacial score (nSPS) is 10.4. The summed E-state index contributed by atoms with van der Waals surface area (Å²) in [6.45, 7) is 4.73. The number of amides is 2. The molecule has 0 unspecified atom stereocenters. The Bertz CT molecular complexity index is 816. The van der Waals surface area contributed by atoms with E-state index in [0.717, 1.165) is 6.42 Å². The van der Waals surface area contributed by atoms with Crippen LogP contribution in [0.1, 0.15) is 51.3 Å². The number of carbonyl (C=O) groups is 3. The summed E-state index contributed by atoms with van der Waals surface area (Å²) in [5.41, 5.74) is 1.49. The molecule has 0 spiro atoms. The standard InChI is InChI=1S/C20H23N3O4/c1-13(2)8-9-22-18(24)15-10-16(12-21-11-15)19(25)23-17-6-4-14(5-7-17)20(26)27-3/h4-7,10-13H,8-9H2,1-3H3,(H,22,24)(H,23,25). The molecule has 0 bridgehead atoms. The lowest BCUT2D eigenvalue weighted by Crippen LogP contribution is -2.26. The first kappa shape index (κ1) is 20.1. The van der Waals surface area contributed by atoms with E-state index in [0.29, 0.717) is 29.3 Å². The number of carbonyl (C=O) groups excluding carboxylic acids is 3. The van der Waals surface area contributed by atoms with E-state index >= 15 is 0 Å². The smallest absolute Gasteiger partial charge is 0.337 e. The summed E-state index contributed by atoms with van der Waals surface area (Å²) in [4.78, 5) is 40.0. The zero-order valence-electron chi connectivity index (χ0n) is 15.6. The first-order chi connectivity index (χ1) is 12.9. The zero-order valence-corrected chi connectivity index (χ0v) is 15.6. The van der Waals surface area contributed by atoms with Crippen LogP contribution in [0, 0.1) is 5.92 Å². The molecule has 2 N–H and O–H groups in total. The molecule has 1 heterocycles. The van der Waals surface area contributed by atoms with Gasteiger partial charge in [0.1, 0.15) is 0 Å². The minimum atomic E-state index is -0.451. The maximum Gasteiger partial charge on any atom is 0.337 e. The number of rotatable bonds is 7. The average Bonchev–Trinajstić information content (AvgIpc) is 2.67. The molecule has 0 saturated heterocycles. The minimum Gasteiger partial charge on any atom is -0.465 e. The predicted molar refractivity (Wildman–Crippen MR) is 102 cm³/mol. The molecule has 2 rings (SSSR count). The monoisotopic (exact) mass is 369 g/mol. The molecule has 1 aromatic heterocycles. The average molecular weight is 369 g/mol. The van der Waals surface area contributed by atoms with Gasteiger partial charge in [-0.2, -0.15) is 0 Å². The van der Waals surface area contributed by atoms with Gasteiger partial charge >= 0.3 is 5.97 Å². The number of hydrogen-bond acceptors (Lipinski definition) is 5. The van der Waals surface area contributed by atoms with Gasteiger partial charge in [0, 0.05) is 24.6 Å². The van der Waals surface area contributed by atoms with Crippen molar-refractivity contribution in [2.45, 2.75) is 20.3 Å². The zero-order chi connectivity index (χ0) is 19.8. The van der Waals surface area contributed by atoms with Crippen molar-refractivity contribution in [3.63, 3.8) is 0 Å². The molecular formula is C20H23N3O4. The second kappa shape index (κ2) is 9.47. The molecule has 0 aliphatic rings. The molecular weight excluding hydrogens is 346 g/mol. The molecule has 1 aromatic carbocycles.